The second-order valence-electron chi connectivity index (χ2n) is 4.74. The quantitative estimate of drug-likeness (QED) is 0.513. The summed E-state index contributed by atoms with van der Waals surface area (Å²) in [6.45, 7) is 5.54. The number of nitrogens with one attached hydrogen (secondary N) is 1. The van der Waals surface area contributed by atoms with E-state index in [4.69, 9.17) is 11.6 Å². The average molecular weight is 285 g/mol. The Morgan fingerprint density at radius 2 is 2.11 bits per heavy atom. The number of hydrogen-bond acceptors (Lipinski definition) is 3. The maximum Gasteiger partial charge on any atom is 0.272 e. The van der Waals surface area contributed by atoms with Crippen LogP contribution in [-0.4, -0.2) is 22.8 Å². The molecule has 1 unspecified atom stereocenters. The molecule has 0 aliphatic carbocycles. The number of amides is 1. The summed E-state index contributed by atoms with van der Waals surface area (Å²) in [7, 11) is 0. The molecule has 19 heavy (non-hydrogen) atoms. The molecular formula is C13H17ClN2O3. The van der Waals surface area contributed by atoms with Gasteiger partial charge in [-0.15, -0.1) is 11.6 Å². The lowest BCUT2D eigenvalue weighted by Gasteiger charge is -2.19. The molecule has 1 aromatic carbocycles. The normalized spacial score (nSPS) is 12.3. The molecule has 0 radical (unpaired) electrons. The predicted octanol–water partition coefficient (Wildman–Crippen LogP) is 2.90. The van der Waals surface area contributed by atoms with Crippen LogP contribution in [0.2, 0.25) is 0 Å². The Morgan fingerprint density at radius 3 is 2.53 bits per heavy atom. The fourth-order valence-corrected chi connectivity index (χ4v) is 2.07. The van der Waals surface area contributed by atoms with Crippen molar-refractivity contribution < 1.29 is 9.72 Å². The number of nitro benzene ring substituents is 1. The first-order chi connectivity index (χ1) is 8.86. The van der Waals surface area contributed by atoms with E-state index in [9.17, 15) is 14.9 Å². The summed E-state index contributed by atoms with van der Waals surface area (Å²) in [4.78, 5) is 22.3. The van der Waals surface area contributed by atoms with Crippen LogP contribution in [0.25, 0.3) is 0 Å². The van der Waals surface area contributed by atoms with Gasteiger partial charge in [0.15, 0.2) is 0 Å². The number of hydrogen-bond donors (Lipinski definition) is 1. The number of nitrogens with zero attached hydrogens (tertiary/aromatic N) is 1. The van der Waals surface area contributed by atoms with E-state index in [1.807, 2.05) is 13.8 Å². The molecule has 1 amide bonds. The summed E-state index contributed by atoms with van der Waals surface area (Å²) in [5.74, 6) is 0.285. The van der Waals surface area contributed by atoms with E-state index in [1.165, 1.54) is 18.2 Å². The summed E-state index contributed by atoms with van der Waals surface area (Å²) in [6, 6.07) is 4.19. The molecule has 1 atom stereocenters. The Labute approximate surface area is 117 Å². The van der Waals surface area contributed by atoms with Gasteiger partial charge >= 0.3 is 0 Å². The molecule has 0 saturated carbocycles. The number of rotatable bonds is 5. The highest BCUT2D eigenvalue weighted by atomic mass is 35.5. The fourth-order valence-electron chi connectivity index (χ4n) is 1.64. The molecule has 104 valence electrons. The standard InChI is InChI=1S/C13H17ClN2O3/c1-8(2)11(7-14)15-13(17)10-4-5-12(16(18)19)9(3)6-10/h4-6,8,11H,7H2,1-3H3,(H,15,17). The Bertz CT molecular complexity index is 489. The van der Waals surface area contributed by atoms with E-state index in [1.54, 1.807) is 6.92 Å². The highest BCUT2D eigenvalue weighted by Crippen LogP contribution is 2.19. The van der Waals surface area contributed by atoms with Gasteiger partial charge in [0, 0.05) is 29.1 Å². The molecule has 0 bridgehead atoms. The SMILES string of the molecule is Cc1cc(C(=O)NC(CCl)C(C)C)ccc1[N+](=O)[O-]. The number of carbonyl (C=O) groups excluding carboxylic acids is 1. The average Bonchev–Trinajstić information content (AvgIpc) is 2.34. The van der Waals surface area contributed by atoms with Gasteiger partial charge in [0.1, 0.15) is 0 Å². The van der Waals surface area contributed by atoms with E-state index in [-0.39, 0.29) is 23.6 Å². The third-order valence-electron chi connectivity index (χ3n) is 2.94. The van der Waals surface area contributed by atoms with Gasteiger partial charge in [-0.25, -0.2) is 0 Å². The molecule has 0 spiro atoms. The minimum Gasteiger partial charge on any atom is -0.348 e. The van der Waals surface area contributed by atoms with Crippen molar-refractivity contribution in [2.45, 2.75) is 26.8 Å². The van der Waals surface area contributed by atoms with Crippen molar-refractivity contribution in [3.05, 3.63) is 39.4 Å². The molecule has 1 N–H and O–H groups in total. The maximum absolute atomic E-state index is 12.0. The Hall–Kier alpha value is -1.62. The van der Waals surface area contributed by atoms with Gasteiger partial charge in [-0.2, -0.15) is 0 Å². The third-order valence-corrected chi connectivity index (χ3v) is 3.28. The van der Waals surface area contributed by atoms with Gasteiger partial charge in [0.25, 0.3) is 11.6 Å². The molecule has 0 aromatic heterocycles. The van der Waals surface area contributed by atoms with Gasteiger partial charge in [-0.3, -0.25) is 14.9 Å². The molecule has 0 fully saturated rings. The zero-order valence-electron chi connectivity index (χ0n) is 11.1. The highest BCUT2D eigenvalue weighted by molar-refractivity contribution is 6.18. The highest BCUT2D eigenvalue weighted by Gasteiger charge is 2.18. The van der Waals surface area contributed by atoms with Crippen LogP contribution in [0.4, 0.5) is 5.69 Å². The molecule has 0 saturated heterocycles. The van der Waals surface area contributed by atoms with Crippen LogP contribution in [-0.2, 0) is 0 Å². The second-order valence-corrected chi connectivity index (χ2v) is 5.05. The van der Waals surface area contributed by atoms with Gasteiger partial charge in [0.05, 0.1) is 4.92 Å². The predicted molar refractivity (Wildman–Crippen MR) is 74.6 cm³/mol. The van der Waals surface area contributed by atoms with Gasteiger partial charge in [-0.1, -0.05) is 13.8 Å². The molecule has 0 heterocycles. The Morgan fingerprint density at radius 1 is 1.47 bits per heavy atom. The van der Waals surface area contributed by atoms with Crippen LogP contribution >= 0.6 is 11.6 Å². The first-order valence-electron chi connectivity index (χ1n) is 5.98. The lowest BCUT2D eigenvalue weighted by molar-refractivity contribution is -0.385. The Kier molecular flexibility index (Phi) is 5.30. The van der Waals surface area contributed by atoms with Crippen molar-refractivity contribution in [2.24, 2.45) is 5.92 Å². The number of aryl methyl sites for hydroxylation is 1. The summed E-state index contributed by atoms with van der Waals surface area (Å²) < 4.78 is 0. The van der Waals surface area contributed by atoms with Crippen molar-refractivity contribution in [3.8, 4) is 0 Å². The van der Waals surface area contributed by atoms with Crippen LogP contribution in [0.1, 0.15) is 29.8 Å². The topological polar surface area (TPSA) is 72.2 Å². The van der Waals surface area contributed by atoms with Crippen LogP contribution in [0.3, 0.4) is 0 Å². The van der Waals surface area contributed by atoms with Crippen LogP contribution in [0, 0.1) is 23.0 Å². The van der Waals surface area contributed by atoms with Crippen LogP contribution in [0.15, 0.2) is 18.2 Å². The monoisotopic (exact) mass is 284 g/mol. The zero-order valence-corrected chi connectivity index (χ0v) is 11.9. The minimum atomic E-state index is -0.466. The maximum atomic E-state index is 12.0. The van der Waals surface area contributed by atoms with Crippen LogP contribution < -0.4 is 5.32 Å². The number of nitro groups is 1. The number of alkyl halides is 1. The fraction of sp³-hybridized carbons (Fsp3) is 0.462. The number of halogens is 1. The number of benzene rings is 1. The second kappa shape index (κ2) is 6.52. The zero-order chi connectivity index (χ0) is 14.6. The summed E-state index contributed by atoms with van der Waals surface area (Å²) in [5.41, 5.74) is 0.873. The minimum absolute atomic E-state index is 0.00861. The van der Waals surface area contributed by atoms with Gasteiger partial charge < -0.3 is 5.32 Å². The molecule has 1 aromatic rings. The largest absolute Gasteiger partial charge is 0.348 e. The van der Waals surface area contributed by atoms with E-state index < -0.39 is 4.92 Å². The lowest BCUT2D eigenvalue weighted by Crippen LogP contribution is -2.39. The molecule has 5 nitrogen and oxygen atoms in total. The van der Waals surface area contributed by atoms with E-state index in [0.29, 0.717) is 17.0 Å². The van der Waals surface area contributed by atoms with Crippen molar-refractivity contribution in [2.75, 3.05) is 5.88 Å². The third kappa shape index (κ3) is 3.92. The first-order valence-corrected chi connectivity index (χ1v) is 6.52. The summed E-state index contributed by atoms with van der Waals surface area (Å²) in [5, 5.41) is 13.5. The summed E-state index contributed by atoms with van der Waals surface area (Å²) in [6.07, 6.45) is 0. The molecule has 1 rings (SSSR count). The van der Waals surface area contributed by atoms with Gasteiger partial charge in [0.2, 0.25) is 0 Å². The van der Waals surface area contributed by atoms with E-state index in [0.717, 1.165) is 0 Å². The molecule has 0 aliphatic heterocycles. The molecular weight excluding hydrogens is 268 g/mol. The first kappa shape index (κ1) is 15.4. The van der Waals surface area contributed by atoms with E-state index >= 15 is 0 Å². The Balaban J connectivity index is 2.89. The van der Waals surface area contributed by atoms with Crippen molar-refractivity contribution >= 4 is 23.2 Å². The van der Waals surface area contributed by atoms with Crippen molar-refractivity contribution in [1.82, 2.24) is 5.32 Å². The molecule has 0 aliphatic rings. The van der Waals surface area contributed by atoms with E-state index in [2.05, 4.69) is 5.32 Å². The van der Waals surface area contributed by atoms with Crippen molar-refractivity contribution in [3.63, 3.8) is 0 Å². The van der Waals surface area contributed by atoms with Crippen LogP contribution in [0.5, 0.6) is 0 Å². The lowest BCUT2D eigenvalue weighted by atomic mass is 10.0. The summed E-state index contributed by atoms with van der Waals surface area (Å²) >= 11 is 5.79. The number of carbonyl (C=O) groups is 1. The molecule has 6 heteroatoms. The van der Waals surface area contributed by atoms with Crippen molar-refractivity contribution in [1.29, 1.82) is 0 Å². The van der Waals surface area contributed by atoms with Gasteiger partial charge in [-0.05, 0) is 25.0 Å². The smallest absolute Gasteiger partial charge is 0.272 e.